The molecule has 0 bridgehead atoms. The number of nitrogen functional groups attached to an aromatic ring is 1. The minimum atomic E-state index is 0.404. The largest absolute Gasteiger partial charge is 0.367 e. The van der Waals surface area contributed by atoms with Gasteiger partial charge in [-0.15, -0.1) is 0 Å². The van der Waals surface area contributed by atoms with Crippen LogP contribution in [-0.4, -0.2) is 5.16 Å². The van der Waals surface area contributed by atoms with Gasteiger partial charge in [0.05, 0.1) is 11.3 Å². The summed E-state index contributed by atoms with van der Waals surface area (Å²) in [6, 6.07) is 7.69. The third-order valence-corrected chi connectivity index (χ3v) is 4.53. The molecule has 1 aromatic heterocycles. The third kappa shape index (κ3) is 2.55. The summed E-state index contributed by atoms with van der Waals surface area (Å²) in [5.74, 6) is 1.67. The second-order valence-electron chi connectivity index (χ2n) is 5.77. The molecule has 1 fully saturated rings. The Kier molecular flexibility index (Phi) is 3.70. The molecule has 0 unspecified atom stereocenters. The van der Waals surface area contributed by atoms with Crippen LogP contribution in [0.25, 0.3) is 11.1 Å². The minimum Gasteiger partial charge on any atom is -0.367 e. The molecule has 0 radical (unpaired) electrons. The van der Waals surface area contributed by atoms with Crippen molar-refractivity contribution < 1.29 is 4.52 Å². The summed E-state index contributed by atoms with van der Waals surface area (Å²) in [5.41, 5.74) is 8.97. The Balaban J connectivity index is 1.95. The van der Waals surface area contributed by atoms with Crippen LogP contribution < -0.4 is 5.73 Å². The number of hydrogen-bond donors (Lipinski definition) is 1. The fraction of sp³-hybridized carbons (Fsp3) is 0.438. The number of nitrogens with two attached hydrogens (primary N) is 1. The summed E-state index contributed by atoms with van der Waals surface area (Å²) in [4.78, 5) is 0. The van der Waals surface area contributed by atoms with Crippen LogP contribution in [0.4, 0.5) is 5.88 Å². The Morgan fingerprint density at radius 2 is 1.80 bits per heavy atom. The fourth-order valence-corrected chi connectivity index (χ4v) is 3.16. The SMILES string of the molecule is CC1CCC(c2noc(N)c2-c2ccc(Cl)cc2)CC1. The van der Waals surface area contributed by atoms with Gasteiger partial charge in [-0.05, 0) is 36.5 Å². The predicted molar refractivity (Wildman–Crippen MR) is 81.7 cm³/mol. The van der Waals surface area contributed by atoms with Crippen molar-refractivity contribution in [3.05, 3.63) is 35.0 Å². The van der Waals surface area contributed by atoms with Crippen LogP contribution in [-0.2, 0) is 0 Å². The average molecular weight is 291 g/mol. The Morgan fingerprint density at radius 1 is 1.15 bits per heavy atom. The zero-order valence-electron chi connectivity index (χ0n) is 11.6. The van der Waals surface area contributed by atoms with Crippen LogP contribution in [0.15, 0.2) is 28.8 Å². The number of halogens is 1. The molecule has 3 nitrogen and oxygen atoms in total. The first kappa shape index (κ1) is 13.5. The fourth-order valence-electron chi connectivity index (χ4n) is 3.03. The number of rotatable bonds is 2. The van der Waals surface area contributed by atoms with Crippen LogP contribution in [0.1, 0.15) is 44.2 Å². The predicted octanol–water partition coefficient (Wildman–Crippen LogP) is 4.87. The Morgan fingerprint density at radius 3 is 2.45 bits per heavy atom. The van der Waals surface area contributed by atoms with E-state index >= 15 is 0 Å². The van der Waals surface area contributed by atoms with Crippen molar-refractivity contribution in [3.63, 3.8) is 0 Å². The number of anilines is 1. The van der Waals surface area contributed by atoms with Crippen molar-refractivity contribution >= 4 is 17.5 Å². The third-order valence-electron chi connectivity index (χ3n) is 4.28. The van der Waals surface area contributed by atoms with Gasteiger partial charge in [-0.2, -0.15) is 0 Å². The zero-order valence-corrected chi connectivity index (χ0v) is 12.4. The topological polar surface area (TPSA) is 52.0 Å². The molecule has 3 rings (SSSR count). The van der Waals surface area contributed by atoms with E-state index in [1.165, 1.54) is 12.8 Å². The van der Waals surface area contributed by atoms with Crippen LogP contribution in [0.3, 0.4) is 0 Å². The van der Waals surface area contributed by atoms with Gasteiger partial charge in [0.15, 0.2) is 0 Å². The molecule has 2 N–H and O–H groups in total. The molecule has 0 atom stereocenters. The molecule has 106 valence electrons. The molecule has 0 saturated heterocycles. The highest BCUT2D eigenvalue weighted by Crippen LogP contribution is 2.41. The molecule has 1 saturated carbocycles. The van der Waals surface area contributed by atoms with Crippen LogP contribution >= 0.6 is 11.6 Å². The lowest BCUT2D eigenvalue weighted by atomic mass is 9.80. The van der Waals surface area contributed by atoms with Crippen molar-refractivity contribution in [3.8, 4) is 11.1 Å². The summed E-state index contributed by atoms with van der Waals surface area (Å²) in [5, 5.41) is 4.95. The molecule has 20 heavy (non-hydrogen) atoms. The first-order valence-electron chi connectivity index (χ1n) is 7.16. The van der Waals surface area contributed by atoms with Gasteiger partial charge in [0.25, 0.3) is 0 Å². The number of nitrogens with zero attached hydrogens (tertiary/aromatic N) is 1. The summed E-state index contributed by atoms with van der Waals surface area (Å²) >= 11 is 5.95. The Labute approximate surface area is 124 Å². The van der Waals surface area contributed by atoms with Crippen LogP contribution in [0, 0.1) is 5.92 Å². The van der Waals surface area contributed by atoms with E-state index in [2.05, 4.69) is 12.1 Å². The second kappa shape index (κ2) is 5.49. The van der Waals surface area contributed by atoms with E-state index in [1.54, 1.807) is 0 Å². The van der Waals surface area contributed by atoms with Crippen molar-refractivity contribution in [1.82, 2.24) is 5.16 Å². The molecule has 0 amide bonds. The Hall–Kier alpha value is -1.48. The Bertz CT molecular complexity index is 583. The molecule has 0 spiro atoms. The number of benzene rings is 1. The standard InChI is InChI=1S/C16H19ClN2O/c1-10-2-4-12(5-3-10)15-14(16(18)20-19-15)11-6-8-13(17)9-7-11/h6-10,12H,2-5,18H2,1H3. The van der Waals surface area contributed by atoms with E-state index in [4.69, 9.17) is 21.9 Å². The molecular formula is C16H19ClN2O. The average Bonchev–Trinajstić information content (AvgIpc) is 2.83. The molecule has 2 aromatic rings. The van der Waals surface area contributed by atoms with Gasteiger partial charge in [0.1, 0.15) is 0 Å². The molecule has 4 heteroatoms. The highest BCUT2D eigenvalue weighted by atomic mass is 35.5. The molecule has 0 aliphatic heterocycles. The van der Waals surface area contributed by atoms with Gasteiger partial charge in [-0.25, -0.2) is 0 Å². The molecule has 1 aromatic carbocycles. The maximum absolute atomic E-state index is 5.98. The maximum Gasteiger partial charge on any atom is 0.230 e. The zero-order chi connectivity index (χ0) is 14.1. The lowest BCUT2D eigenvalue weighted by Crippen LogP contribution is -2.11. The quantitative estimate of drug-likeness (QED) is 0.858. The lowest BCUT2D eigenvalue weighted by molar-refractivity contribution is 0.331. The summed E-state index contributed by atoms with van der Waals surface area (Å²) in [7, 11) is 0. The maximum atomic E-state index is 5.98. The smallest absolute Gasteiger partial charge is 0.230 e. The van der Waals surface area contributed by atoms with E-state index in [-0.39, 0.29) is 0 Å². The van der Waals surface area contributed by atoms with Gasteiger partial charge in [-0.1, -0.05) is 48.7 Å². The van der Waals surface area contributed by atoms with Gasteiger partial charge < -0.3 is 10.3 Å². The van der Waals surface area contributed by atoms with E-state index in [1.807, 2.05) is 24.3 Å². The van der Waals surface area contributed by atoms with Gasteiger partial charge in [-0.3, -0.25) is 0 Å². The first-order chi connectivity index (χ1) is 9.65. The van der Waals surface area contributed by atoms with E-state index in [0.717, 1.165) is 40.6 Å². The molecule has 1 aliphatic rings. The van der Waals surface area contributed by atoms with Crippen LogP contribution in [0.2, 0.25) is 5.02 Å². The highest BCUT2D eigenvalue weighted by molar-refractivity contribution is 6.30. The summed E-state index contributed by atoms with van der Waals surface area (Å²) < 4.78 is 5.26. The van der Waals surface area contributed by atoms with Crippen LogP contribution in [0.5, 0.6) is 0 Å². The number of aromatic nitrogens is 1. The first-order valence-corrected chi connectivity index (χ1v) is 7.54. The van der Waals surface area contributed by atoms with E-state index < -0.39 is 0 Å². The summed E-state index contributed by atoms with van der Waals surface area (Å²) in [6.45, 7) is 2.31. The second-order valence-corrected chi connectivity index (χ2v) is 6.21. The normalized spacial score (nSPS) is 22.9. The van der Waals surface area contributed by atoms with Gasteiger partial charge >= 0.3 is 0 Å². The van der Waals surface area contributed by atoms with Crippen molar-refractivity contribution in [1.29, 1.82) is 0 Å². The molecule has 1 heterocycles. The highest BCUT2D eigenvalue weighted by Gasteiger charge is 2.27. The van der Waals surface area contributed by atoms with Crippen molar-refractivity contribution in [2.45, 2.75) is 38.5 Å². The van der Waals surface area contributed by atoms with E-state index in [0.29, 0.717) is 11.8 Å². The monoisotopic (exact) mass is 290 g/mol. The van der Waals surface area contributed by atoms with Crippen molar-refractivity contribution in [2.24, 2.45) is 5.92 Å². The minimum absolute atomic E-state index is 0.404. The van der Waals surface area contributed by atoms with Gasteiger partial charge in [0, 0.05) is 10.9 Å². The lowest BCUT2D eigenvalue weighted by Gasteiger charge is -2.25. The molecule has 1 aliphatic carbocycles. The number of hydrogen-bond acceptors (Lipinski definition) is 3. The summed E-state index contributed by atoms with van der Waals surface area (Å²) in [6.07, 6.45) is 4.82. The van der Waals surface area contributed by atoms with Crippen molar-refractivity contribution in [2.75, 3.05) is 5.73 Å². The van der Waals surface area contributed by atoms with E-state index in [9.17, 15) is 0 Å². The molecular weight excluding hydrogens is 272 g/mol. The van der Waals surface area contributed by atoms with Gasteiger partial charge in [0.2, 0.25) is 5.88 Å².